The van der Waals surface area contributed by atoms with Gasteiger partial charge in [-0.25, -0.2) is 0 Å². The molecule has 0 spiro atoms. The maximum absolute atomic E-state index is 12.3. The van der Waals surface area contributed by atoms with Crippen molar-refractivity contribution in [3.63, 3.8) is 0 Å². The van der Waals surface area contributed by atoms with Crippen molar-refractivity contribution < 1.29 is 9.53 Å². The van der Waals surface area contributed by atoms with Crippen LogP contribution in [-0.2, 0) is 4.79 Å². The van der Waals surface area contributed by atoms with E-state index in [4.69, 9.17) is 16.3 Å². The second-order valence-electron chi connectivity index (χ2n) is 6.02. The largest absolute Gasteiger partial charge is 0.484 e. The molecule has 130 valence electrons. The zero-order chi connectivity index (χ0) is 17.8. The minimum absolute atomic E-state index is 0.0818. The summed E-state index contributed by atoms with van der Waals surface area (Å²) in [5.41, 5.74) is 0.745. The number of amides is 1. The highest BCUT2D eigenvalue weighted by Crippen LogP contribution is 2.21. The van der Waals surface area contributed by atoms with Gasteiger partial charge in [-0.2, -0.15) is 0 Å². The zero-order valence-electron chi connectivity index (χ0n) is 14.0. The first-order chi connectivity index (χ1) is 12.0. The topological polar surface area (TPSA) is 68.5 Å². The van der Waals surface area contributed by atoms with E-state index < -0.39 is 0 Å². The standard InChI is InChI=1S/C18H19ClN4O2/c1-12(2)17(18-22-21-15-5-3-4-10-23(15)18)20-16(24)11-25-14-8-6-13(19)7-9-14/h3-10,12,17H,11H2,1-2H3,(H,20,24). The molecular formula is C18H19ClN4O2. The third-order valence-corrected chi connectivity index (χ3v) is 4.04. The Morgan fingerprint density at radius 1 is 1.20 bits per heavy atom. The Balaban J connectivity index is 1.69. The van der Waals surface area contributed by atoms with Crippen LogP contribution >= 0.6 is 11.6 Å². The molecule has 1 amide bonds. The van der Waals surface area contributed by atoms with Gasteiger partial charge < -0.3 is 10.1 Å². The Bertz CT molecular complexity index is 861. The number of pyridine rings is 1. The van der Waals surface area contributed by atoms with Gasteiger partial charge >= 0.3 is 0 Å². The van der Waals surface area contributed by atoms with Crippen molar-refractivity contribution in [2.45, 2.75) is 19.9 Å². The lowest BCUT2D eigenvalue weighted by Crippen LogP contribution is -2.36. The fraction of sp³-hybridized carbons (Fsp3) is 0.278. The van der Waals surface area contributed by atoms with Crippen molar-refractivity contribution in [3.8, 4) is 5.75 Å². The molecule has 1 unspecified atom stereocenters. The number of benzene rings is 1. The highest BCUT2D eigenvalue weighted by Gasteiger charge is 2.23. The fourth-order valence-electron chi connectivity index (χ4n) is 2.50. The van der Waals surface area contributed by atoms with Crippen LogP contribution in [0.2, 0.25) is 5.02 Å². The second-order valence-corrected chi connectivity index (χ2v) is 6.46. The highest BCUT2D eigenvalue weighted by atomic mass is 35.5. The average Bonchev–Trinajstić information content (AvgIpc) is 3.03. The number of nitrogens with zero attached hydrogens (tertiary/aromatic N) is 3. The van der Waals surface area contributed by atoms with E-state index in [1.807, 2.05) is 42.6 Å². The molecule has 0 saturated heterocycles. The van der Waals surface area contributed by atoms with Gasteiger partial charge in [0.05, 0.1) is 6.04 Å². The van der Waals surface area contributed by atoms with Crippen molar-refractivity contribution in [3.05, 3.63) is 59.5 Å². The third kappa shape index (κ3) is 4.09. The lowest BCUT2D eigenvalue weighted by molar-refractivity contribution is -0.124. The smallest absolute Gasteiger partial charge is 0.258 e. The lowest BCUT2D eigenvalue weighted by Gasteiger charge is -2.21. The molecule has 0 fully saturated rings. The Labute approximate surface area is 150 Å². The average molecular weight is 359 g/mol. The Hall–Kier alpha value is -2.60. The molecule has 0 aliphatic carbocycles. The van der Waals surface area contributed by atoms with Crippen LogP contribution in [0.15, 0.2) is 48.7 Å². The number of fused-ring (bicyclic) bond motifs is 1. The SMILES string of the molecule is CC(C)C(NC(=O)COc1ccc(Cl)cc1)c1nnc2ccccn12. The number of carbonyl (C=O) groups excluding carboxylic acids is 1. The van der Waals surface area contributed by atoms with Gasteiger partial charge in [-0.3, -0.25) is 9.20 Å². The molecule has 0 aliphatic rings. The lowest BCUT2D eigenvalue weighted by atomic mass is 10.0. The fourth-order valence-corrected chi connectivity index (χ4v) is 2.62. The number of hydrogen-bond acceptors (Lipinski definition) is 4. The molecule has 1 N–H and O–H groups in total. The first-order valence-electron chi connectivity index (χ1n) is 8.02. The van der Waals surface area contributed by atoms with E-state index in [2.05, 4.69) is 15.5 Å². The molecule has 6 nitrogen and oxygen atoms in total. The van der Waals surface area contributed by atoms with Crippen LogP contribution in [0.25, 0.3) is 5.65 Å². The number of ether oxygens (including phenoxy) is 1. The molecular weight excluding hydrogens is 340 g/mol. The molecule has 0 bridgehead atoms. The summed E-state index contributed by atoms with van der Waals surface area (Å²) in [5, 5.41) is 12.0. The maximum atomic E-state index is 12.3. The van der Waals surface area contributed by atoms with E-state index in [-0.39, 0.29) is 24.5 Å². The van der Waals surface area contributed by atoms with E-state index in [9.17, 15) is 4.79 Å². The number of rotatable bonds is 6. The molecule has 1 atom stereocenters. The van der Waals surface area contributed by atoms with Gasteiger partial charge in [-0.1, -0.05) is 31.5 Å². The second kappa shape index (κ2) is 7.53. The van der Waals surface area contributed by atoms with Gasteiger partial charge in [0.1, 0.15) is 5.75 Å². The van der Waals surface area contributed by atoms with E-state index in [0.29, 0.717) is 16.6 Å². The van der Waals surface area contributed by atoms with Gasteiger partial charge in [0, 0.05) is 11.2 Å². The van der Waals surface area contributed by atoms with Crippen molar-refractivity contribution in [1.82, 2.24) is 19.9 Å². The quantitative estimate of drug-likeness (QED) is 0.734. The van der Waals surface area contributed by atoms with Crippen LogP contribution in [0, 0.1) is 5.92 Å². The number of aromatic nitrogens is 3. The summed E-state index contributed by atoms with van der Waals surface area (Å²) in [4.78, 5) is 12.3. The zero-order valence-corrected chi connectivity index (χ0v) is 14.8. The predicted molar refractivity (Wildman–Crippen MR) is 95.7 cm³/mol. The Morgan fingerprint density at radius 2 is 1.96 bits per heavy atom. The van der Waals surface area contributed by atoms with Crippen LogP contribution in [0.4, 0.5) is 0 Å². The Kier molecular flexibility index (Phi) is 5.19. The van der Waals surface area contributed by atoms with Crippen LogP contribution in [0.5, 0.6) is 5.75 Å². The summed E-state index contributed by atoms with van der Waals surface area (Å²) >= 11 is 5.83. The van der Waals surface area contributed by atoms with Crippen molar-refractivity contribution in [1.29, 1.82) is 0 Å². The molecule has 25 heavy (non-hydrogen) atoms. The number of carbonyl (C=O) groups is 1. The molecule has 1 aromatic carbocycles. The van der Waals surface area contributed by atoms with Crippen LogP contribution < -0.4 is 10.1 Å². The van der Waals surface area contributed by atoms with E-state index in [0.717, 1.165) is 5.65 Å². The molecule has 0 aliphatic heterocycles. The van der Waals surface area contributed by atoms with Crippen molar-refractivity contribution in [2.75, 3.05) is 6.61 Å². The van der Waals surface area contributed by atoms with Crippen LogP contribution in [0.3, 0.4) is 0 Å². The van der Waals surface area contributed by atoms with Gasteiger partial charge in [0.2, 0.25) is 0 Å². The molecule has 0 saturated carbocycles. The summed E-state index contributed by atoms with van der Waals surface area (Å²) in [6.07, 6.45) is 1.89. The summed E-state index contributed by atoms with van der Waals surface area (Å²) in [5.74, 6) is 1.22. The number of nitrogens with one attached hydrogen (secondary N) is 1. The molecule has 2 heterocycles. The van der Waals surface area contributed by atoms with E-state index >= 15 is 0 Å². The minimum atomic E-state index is -0.265. The molecule has 7 heteroatoms. The van der Waals surface area contributed by atoms with Gasteiger partial charge in [-0.15, -0.1) is 10.2 Å². The number of hydrogen-bond donors (Lipinski definition) is 1. The van der Waals surface area contributed by atoms with E-state index in [1.165, 1.54) is 0 Å². The normalized spacial score (nSPS) is 12.3. The van der Waals surface area contributed by atoms with Gasteiger partial charge in [0.15, 0.2) is 18.1 Å². The summed E-state index contributed by atoms with van der Waals surface area (Å²) in [6.45, 7) is 3.96. The first kappa shape index (κ1) is 17.2. The summed E-state index contributed by atoms with van der Waals surface area (Å²) in [6, 6.07) is 12.3. The molecule has 0 radical (unpaired) electrons. The number of halogens is 1. The van der Waals surface area contributed by atoms with Crippen molar-refractivity contribution >= 4 is 23.2 Å². The van der Waals surface area contributed by atoms with Crippen molar-refractivity contribution in [2.24, 2.45) is 5.92 Å². The Morgan fingerprint density at radius 3 is 2.68 bits per heavy atom. The molecule has 2 aromatic heterocycles. The monoisotopic (exact) mass is 358 g/mol. The van der Waals surface area contributed by atoms with Crippen LogP contribution in [-0.4, -0.2) is 27.1 Å². The van der Waals surface area contributed by atoms with Crippen LogP contribution in [0.1, 0.15) is 25.7 Å². The van der Waals surface area contributed by atoms with E-state index in [1.54, 1.807) is 24.3 Å². The first-order valence-corrected chi connectivity index (χ1v) is 8.40. The minimum Gasteiger partial charge on any atom is -0.484 e. The maximum Gasteiger partial charge on any atom is 0.258 e. The van der Waals surface area contributed by atoms with Gasteiger partial charge in [0.25, 0.3) is 5.91 Å². The molecule has 3 rings (SSSR count). The summed E-state index contributed by atoms with van der Waals surface area (Å²) in [7, 11) is 0. The summed E-state index contributed by atoms with van der Waals surface area (Å²) < 4.78 is 7.37. The molecule has 3 aromatic rings. The third-order valence-electron chi connectivity index (χ3n) is 3.78. The van der Waals surface area contributed by atoms with Gasteiger partial charge in [-0.05, 0) is 42.3 Å². The highest BCUT2D eigenvalue weighted by molar-refractivity contribution is 6.30. The predicted octanol–water partition coefficient (Wildman–Crippen LogP) is 3.28.